The predicted molar refractivity (Wildman–Crippen MR) is 74.0 cm³/mol. The van der Waals surface area contributed by atoms with E-state index in [2.05, 4.69) is 28.4 Å². The van der Waals surface area contributed by atoms with E-state index in [0.717, 1.165) is 19.7 Å². The molecular weight excluding hydrogens is 240 g/mol. The van der Waals surface area contributed by atoms with Crippen LogP contribution in [0.25, 0.3) is 0 Å². The summed E-state index contributed by atoms with van der Waals surface area (Å²) in [7, 11) is 1.96. The van der Waals surface area contributed by atoms with Gasteiger partial charge in [-0.05, 0) is 25.9 Å². The molecule has 1 N–H and O–H groups in total. The lowest BCUT2D eigenvalue weighted by molar-refractivity contribution is -0.0650. The average molecular weight is 264 g/mol. The van der Waals surface area contributed by atoms with Crippen molar-refractivity contribution < 1.29 is 4.74 Å². The van der Waals surface area contributed by atoms with Crippen LogP contribution in [0.4, 0.5) is 0 Å². The number of ether oxygens (including phenoxy) is 1. The fourth-order valence-corrected chi connectivity index (χ4v) is 3.33. The Morgan fingerprint density at radius 1 is 1.58 bits per heavy atom. The normalized spacial score (nSPS) is 29.4. The first-order valence-electron chi connectivity index (χ1n) is 7.35. The first-order chi connectivity index (χ1) is 9.28. The van der Waals surface area contributed by atoms with Crippen molar-refractivity contribution in [1.29, 1.82) is 0 Å². The number of nitrogens with one attached hydrogen (secondary N) is 1. The molecule has 3 unspecified atom stereocenters. The summed E-state index contributed by atoms with van der Waals surface area (Å²) in [5, 5.41) is 7.85. The largest absolute Gasteiger partial charge is 0.373 e. The number of aryl methyl sites for hydroxylation is 1. The van der Waals surface area contributed by atoms with Crippen molar-refractivity contribution in [3.05, 3.63) is 18.0 Å². The Kier molecular flexibility index (Phi) is 3.86. The smallest absolute Gasteiger partial charge is 0.0898 e. The third kappa shape index (κ3) is 2.68. The van der Waals surface area contributed by atoms with Crippen LogP contribution in [0, 0.1) is 0 Å². The standard InChI is InChI=1S/C14H24N4O/c1-3-15-14(11-7-16-17(2)8-11)13-9-18-6-4-5-12(18)10-19-13/h7-8,12-15H,3-6,9-10H2,1-2H3. The third-order valence-corrected chi connectivity index (χ3v) is 4.30. The Balaban J connectivity index is 1.73. The first kappa shape index (κ1) is 13.1. The van der Waals surface area contributed by atoms with Gasteiger partial charge in [0.2, 0.25) is 0 Å². The number of hydrogen-bond donors (Lipinski definition) is 1. The maximum Gasteiger partial charge on any atom is 0.0898 e. The Bertz CT molecular complexity index is 419. The summed E-state index contributed by atoms with van der Waals surface area (Å²) in [6.07, 6.45) is 6.89. The third-order valence-electron chi connectivity index (χ3n) is 4.30. The van der Waals surface area contributed by atoms with Gasteiger partial charge in [0, 0.05) is 31.4 Å². The van der Waals surface area contributed by atoms with Crippen LogP contribution in [0.3, 0.4) is 0 Å². The molecule has 0 amide bonds. The summed E-state index contributed by atoms with van der Waals surface area (Å²) in [5.41, 5.74) is 1.23. The number of morpholine rings is 1. The molecule has 3 rings (SSSR count). The van der Waals surface area contributed by atoms with E-state index in [4.69, 9.17) is 4.74 Å². The lowest BCUT2D eigenvalue weighted by atomic mass is 10.0. The number of fused-ring (bicyclic) bond motifs is 1. The topological polar surface area (TPSA) is 42.3 Å². The quantitative estimate of drug-likeness (QED) is 0.878. The maximum absolute atomic E-state index is 6.13. The van der Waals surface area contributed by atoms with Crippen molar-refractivity contribution in [3.8, 4) is 0 Å². The van der Waals surface area contributed by atoms with E-state index in [-0.39, 0.29) is 12.1 Å². The van der Waals surface area contributed by atoms with Crippen molar-refractivity contribution in [1.82, 2.24) is 20.0 Å². The van der Waals surface area contributed by atoms with Crippen LogP contribution < -0.4 is 5.32 Å². The SMILES string of the molecule is CCNC(c1cnn(C)c1)C1CN2CCCC2CO1. The van der Waals surface area contributed by atoms with E-state index in [1.165, 1.54) is 24.9 Å². The molecule has 0 saturated carbocycles. The molecule has 1 aromatic heterocycles. The molecule has 0 spiro atoms. The highest BCUT2D eigenvalue weighted by atomic mass is 16.5. The van der Waals surface area contributed by atoms with Gasteiger partial charge in [-0.2, -0.15) is 5.10 Å². The highest BCUT2D eigenvalue weighted by Gasteiger charge is 2.36. The van der Waals surface area contributed by atoms with E-state index < -0.39 is 0 Å². The molecule has 0 aromatic carbocycles. The van der Waals surface area contributed by atoms with Gasteiger partial charge in [0.15, 0.2) is 0 Å². The van der Waals surface area contributed by atoms with Crippen LogP contribution in [-0.4, -0.2) is 53.1 Å². The van der Waals surface area contributed by atoms with Crippen LogP contribution >= 0.6 is 0 Å². The van der Waals surface area contributed by atoms with Gasteiger partial charge in [-0.1, -0.05) is 6.92 Å². The van der Waals surface area contributed by atoms with Crippen molar-refractivity contribution in [3.63, 3.8) is 0 Å². The Morgan fingerprint density at radius 2 is 2.47 bits per heavy atom. The molecule has 2 aliphatic rings. The Morgan fingerprint density at radius 3 is 3.21 bits per heavy atom. The molecule has 2 saturated heterocycles. The van der Waals surface area contributed by atoms with Gasteiger partial charge in [0.05, 0.1) is 24.9 Å². The number of nitrogens with zero attached hydrogens (tertiary/aromatic N) is 3. The van der Waals surface area contributed by atoms with Gasteiger partial charge in [-0.3, -0.25) is 9.58 Å². The van der Waals surface area contributed by atoms with Gasteiger partial charge >= 0.3 is 0 Å². The Hall–Kier alpha value is -0.910. The molecule has 1 aromatic rings. The van der Waals surface area contributed by atoms with Crippen LogP contribution in [0.15, 0.2) is 12.4 Å². The minimum absolute atomic E-state index is 0.235. The minimum Gasteiger partial charge on any atom is -0.373 e. The van der Waals surface area contributed by atoms with Crippen molar-refractivity contribution in [2.24, 2.45) is 7.05 Å². The minimum atomic E-state index is 0.235. The summed E-state index contributed by atoms with van der Waals surface area (Å²) >= 11 is 0. The van der Waals surface area contributed by atoms with Gasteiger partial charge in [0.25, 0.3) is 0 Å². The Labute approximate surface area is 114 Å². The fourth-order valence-electron chi connectivity index (χ4n) is 3.33. The second-order valence-corrected chi connectivity index (χ2v) is 5.65. The predicted octanol–water partition coefficient (Wildman–Crippen LogP) is 0.934. The number of rotatable bonds is 4. The summed E-state index contributed by atoms with van der Waals surface area (Å²) in [6, 6.07) is 0.910. The zero-order valence-electron chi connectivity index (χ0n) is 11.9. The van der Waals surface area contributed by atoms with Crippen LogP contribution in [-0.2, 0) is 11.8 Å². The lowest BCUT2D eigenvalue weighted by Gasteiger charge is -2.38. The van der Waals surface area contributed by atoms with Gasteiger partial charge < -0.3 is 10.1 Å². The van der Waals surface area contributed by atoms with Crippen LogP contribution in [0.1, 0.15) is 31.4 Å². The molecule has 2 fully saturated rings. The molecular formula is C14H24N4O. The summed E-state index contributed by atoms with van der Waals surface area (Å²) in [5.74, 6) is 0. The van der Waals surface area contributed by atoms with Crippen LogP contribution in [0.2, 0.25) is 0 Å². The van der Waals surface area contributed by atoms with E-state index >= 15 is 0 Å². The number of hydrogen-bond acceptors (Lipinski definition) is 4. The zero-order chi connectivity index (χ0) is 13.2. The second kappa shape index (κ2) is 5.61. The molecule has 0 bridgehead atoms. The van der Waals surface area contributed by atoms with E-state index in [9.17, 15) is 0 Å². The fraction of sp³-hybridized carbons (Fsp3) is 0.786. The second-order valence-electron chi connectivity index (χ2n) is 5.65. The maximum atomic E-state index is 6.13. The van der Waals surface area contributed by atoms with Crippen molar-refractivity contribution >= 4 is 0 Å². The lowest BCUT2D eigenvalue weighted by Crippen LogP contribution is -2.50. The number of aromatic nitrogens is 2. The molecule has 3 heterocycles. The molecule has 5 heteroatoms. The number of likely N-dealkylation sites (N-methyl/N-ethyl adjacent to an activating group) is 1. The molecule has 3 atom stereocenters. The highest BCUT2D eigenvalue weighted by molar-refractivity contribution is 5.13. The van der Waals surface area contributed by atoms with Crippen LogP contribution in [0.5, 0.6) is 0 Å². The van der Waals surface area contributed by atoms with Gasteiger partial charge in [-0.25, -0.2) is 0 Å². The molecule has 106 valence electrons. The summed E-state index contributed by atoms with van der Waals surface area (Å²) < 4.78 is 7.99. The van der Waals surface area contributed by atoms with E-state index in [1.807, 2.05) is 17.9 Å². The summed E-state index contributed by atoms with van der Waals surface area (Å²) in [4.78, 5) is 2.59. The molecule has 19 heavy (non-hydrogen) atoms. The molecule has 0 radical (unpaired) electrons. The van der Waals surface area contributed by atoms with Gasteiger partial charge in [-0.15, -0.1) is 0 Å². The molecule has 5 nitrogen and oxygen atoms in total. The van der Waals surface area contributed by atoms with E-state index in [1.54, 1.807) is 0 Å². The highest BCUT2D eigenvalue weighted by Crippen LogP contribution is 2.28. The molecule has 0 aliphatic carbocycles. The van der Waals surface area contributed by atoms with E-state index in [0.29, 0.717) is 6.04 Å². The monoisotopic (exact) mass is 264 g/mol. The van der Waals surface area contributed by atoms with Crippen molar-refractivity contribution in [2.75, 3.05) is 26.2 Å². The van der Waals surface area contributed by atoms with Crippen molar-refractivity contribution in [2.45, 2.75) is 38.0 Å². The van der Waals surface area contributed by atoms with Gasteiger partial charge in [0.1, 0.15) is 0 Å². The summed E-state index contributed by atoms with van der Waals surface area (Å²) in [6.45, 7) is 6.24. The first-order valence-corrected chi connectivity index (χ1v) is 7.35. The average Bonchev–Trinajstić information content (AvgIpc) is 3.03. The zero-order valence-corrected chi connectivity index (χ0v) is 11.9. The molecule has 2 aliphatic heterocycles.